The van der Waals surface area contributed by atoms with Gasteiger partial charge >= 0.3 is 5.97 Å². The Bertz CT molecular complexity index is 292. The smallest absolute Gasteiger partial charge is 0.325 e. The van der Waals surface area contributed by atoms with Crippen LogP contribution in [0.3, 0.4) is 0 Å². The van der Waals surface area contributed by atoms with Crippen molar-refractivity contribution in [3.63, 3.8) is 0 Å². The molecule has 4 heteroatoms. The van der Waals surface area contributed by atoms with Gasteiger partial charge in [-0.25, -0.2) is 0 Å². The molecule has 0 radical (unpaired) electrons. The van der Waals surface area contributed by atoms with Gasteiger partial charge in [-0.05, 0) is 65.5 Å². The van der Waals surface area contributed by atoms with E-state index in [-0.39, 0.29) is 5.97 Å². The molecule has 0 aromatic heterocycles. The van der Waals surface area contributed by atoms with E-state index in [0.29, 0.717) is 19.1 Å². The van der Waals surface area contributed by atoms with Crippen LogP contribution in [0.1, 0.15) is 53.4 Å². The SMILES string of the molecule is CCOC(=O)C(C)(N)CCCN1CCCC(C)C1C. The summed E-state index contributed by atoms with van der Waals surface area (Å²) < 4.78 is 5.01. The molecule has 0 aromatic carbocycles. The molecular formula is C15H30N2O2. The second kappa shape index (κ2) is 7.25. The van der Waals surface area contributed by atoms with Crippen LogP contribution in [0.4, 0.5) is 0 Å². The van der Waals surface area contributed by atoms with Gasteiger partial charge in [0.25, 0.3) is 0 Å². The third-order valence-corrected chi connectivity index (χ3v) is 4.39. The van der Waals surface area contributed by atoms with Gasteiger partial charge < -0.3 is 15.4 Å². The Hall–Kier alpha value is -0.610. The lowest BCUT2D eigenvalue weighted by atomic mass is 9.91. The van der Waals surface area contributed by atoms with Crippen LogP contribution in [-0.2, 0) is 9.53 Å². The number of nitrogens with two attached hydrogens (primary N) is 1. The fraction of sp³-hybridized carbons (Fsp3) is 0.933. The van der Waals surface area contributed by atoms with Gasteiger partial charge in [0.15, 0.2) is 0 Å². The first-order valence-corrected chi connectivity index (χ1v) is 7.58. The van der Waals surface area contributed by atoms with Gasteiger partial charge in [-0.15, -0.1) is 0 Å². The third kappa shape index (κ3) is 4.77. The summed E-state index contributed by atoms with van der Waals surface area (Å²) in [6.45, 7) is 10.8. The minimum Gasteiger partial charge on any atom is -0.465 e. The Morgan fingerprint density at radius 1 is 1.47 bits per heavy atom. The molecule has 0 amide bonds. The molecule has 112 valence electrons. The second-order valence-electron chi connectivity index (χ2n) is 6.14. The van der Waals surface area contributed by atoms with Crippen molar-refractivity contribution in [2.45, 2.75) is 65.0 Å². The number of hydrogen-bond donors (Lipinski definition) is 1. The summed E-state index contributed by atoms with van der Waals surface area (Å²) in [5.74, 6) is 0.484. The largest absolute Gasteiger partial charge is 0.465 e. The topological polar surface area (TPSA) is 55.6 Å². The molecule has 1 rings (SSSR count). The average molecular weight is 270 g/mol. The molecule has 0 aromatic rings. The summed E-state index contributed by atoms with van der Waals surface area (Å²) in [5, 5.41) is 0. The Morgan fingerprint density at radius 2 is 2.16 bits per heavy atom. The van der Waals surface area contributed by atoms with Crippen molar-refractivity contribution in [2.24, 2.45) is 11.7 Å². The lowest BCUT2D eigenvalue weighted by molar-refractivity contribution is -0.149. The predicted molar refractivity (Wildman–Crippen MR) is 77.9 cm³/mol. The van der Waals surface area contributed by atoms with Gasteiger partial charge in [0.2, 0.25) is 0 Å². The number of carbonyl (C=O) groups excluding carboxylic acids is 1. The molecule has 1 aliphatic rings. The summed E-state index contributed by atoms with van der Waals surface area (Å²) in [7, 11) is 0. The standard InChI is InChI=1S/C15H30N2O2/c1-5-19-14(18)15(4,16)9-7-11-17-10-6-8-12(2)13(17)3/h12-13H,5-11,16H2,1-4H3. The zero-order valence-electron chi connectivity index (χ0n) is 12.9. The molecule has 0 bridgehead atoms. The first kappa shape index (κ1) is 16.4. The first-order chi connectivity index (χ1) is 8.88. The van der Waals surface area contributed by atoms with Crippen LogP contribution in [0, 0.1) is 5.92 Å². The molecule has 1 aliphatic heterocycles. The van der Waals surface area contributed by atoms with Gasteiger partial charge in [-0.2, -0.15) is 0 Å². The Morgan fingerprint density at radius 3 is 2.79 bits per heavy atom. The van der Waals surface area contributed by atoms with E-state index in [2.05, 4.69) is 18.7 Å². The molecule has 0 aliphatic carbocycles. The third-order valence-electron chi connectivity index (χ3n) is 4.39. The molecule has 1 saturated heterocycles. The van der Waals surface area contributed by atoms with Crippen molar-refractivity contribution in [1.29, 1.82) is 0 Å². The van der Waals surface area contributed by atoms with Gasteiger partial charge in [-0.3, -0.25) is 4.79 Å². The van der Waals surface area contributed by atoms with E-state index in [4.69, 9.17) is 10.5 Å². The summed E-state index contributed by atoms with van der Waals surface area (Å²) in [4.78, 5) is 14.2. The minimum absolute atomic E-state index is 0.282. The van der Waals surface area contributed by atoms with Crippen LogP contribution in [-0.4, -0.2) is 42.1 Å². The summed E-state index contributed by atoms with van der Waals surface area (Å²) in [6, 6.07) is 0.639. The van der Waals surface area contributed by atoms with Gasteiger partial charge in [0.1, 0.15) is 5.54 Å². The molecule has 19 heavy (non-hydrogen) atoms. The van der Waals surface area contributed by atoms with E-state index < -0.39 is 5.54 Å². The highest BCUT2D eigenvalue weighted by Gasteiger charge is 2.30. The Kier molecular flexibility index (Phi) is 6.27. The lowest BCUT2D eigenvalue weighted by Gasteiger charge is -2.38. The van der Waals surface area contributed by atoms with Crippen LogP contribution in [0.15, 0.2) is 0 Å². The zero-order chi connectivity index (χ0) is 14.5. The number of ether oxygens (including phenoxy) is 1. The van der Waals surface area contributed by atoms with Crippen LogP contribution in [0.5, 0.6) is 0 Å². The maximum absolute atomic E-state index is 11.7. The molecule has 1 fully saturated rings. The van der Waals surface area contributed by atoms with E-state index in [1.165, 1.54) is 19.4 Å². The quantitative estimate of drug-likeness (QED) is 0.752. The number of likely N-dealkylation sites (tertiary alicyclic amines) is 1. The molecule has 4 nitrogen and oxygen atoms in total. The molecule has 0 spiro atoms. The highest BCUT2D eigenvalue weighted by atomic mass is 16.5. The van der Waals surface area contributed by atoms with Crippen LogP contribution in [0.2, 0.25) is 0 Å². The highest BCUT2D eigenvalue weighted by Crippen LogP contribution is 2.23. The van der Waals surface area contributed by atoms with E-state index in [1.807, 2.05) is 6.92 Å². The Balaban J connectivity index is 2.34. The predicted octanol–water partition coefficient (Wildman–Crippen LogP) is 2.17. The van der Waals surface area contributed by atoms with Crippen LogP contribution in [0.25, 0.3) is 0 Å². The molecule has 0 saturated carbocycles. The van der Waals surface area contributed by atoms with E-state index in [9.17, 15) is 4.79 Å². The normalized spacial score (nSPS) is 27.8. The molecule has 1 heterocycles. The summed E-state index contributed by atoms with van der Waals surface area (Å²) in [5.41, 5.74) is 5.18. The number of nitrogens with zero attached hydrogens (tertiary/aromatic N) is 1. The highest BCUT2D eigenvalue weighted by molar-refractivity contribution is 5.79. The van der Waals surface area contributed by atoms with Crippen molar-refractivity contribution in [3.8, 4) is 0 Å². The van der Waals surface area contributed by atoms with Crippen molar-refractivity contribution >= 4 is 5.97 Å². The summed E-state index contributed by atoms with van der Waals surface area (Å²) in [6.07, 6.45) is 4.24. The van der Waals surface area contributed by atoms with Crippen LogP contribution < -0.4 is 5.73 Å². The lowest BCUT2D eigenvalue weighted by Crippen LogP contribution is -2.47. The van der Waals surface area contributed by atoms with Gasteiger partial charge in [-0.1, -0.05) is 6.92 Å². The summed E-state index contributed by atoms with van der Waals surface area (Å²) >= 11 is 0. The number of hydrogen-bond acceptors (Lipinski definition) is 4. The van der Waals surface area contributed by atoms with Gasteiger partial charge in [0, 0.05) is 6.04 Å². The van der Waals surface area contributed by atoms with E-state index >= 15 is 0 Å². The molecule has 3 unspecified atom stereocenters. The van der Waals surface area contributed by atoms with E-state index in [0.717, 1.165) is 18.9 Å². The van der Waals surface area contributed by atoms with Crippen LogP contribution >= 0.6 is 0 Å². The maximum atomic E-state index is 11.7. The monoisotopic (exact) mass is 270 g/mol. The molecule has 2 N–H and O–H groups in total. The minimum atomic E-state index is -0.847. The average Bonchev–Trinajstić information content (AvgIpc) is 2.34. The Labute approximate surface area is 117 Å². The maximum Gasteiger partial charge on any atom is 0.325 e. The fourth-order valence-corrected chi connectivity index (χ4v) is 2.78. The van der Waals surface area contributed by atoms with Crippen molar-refractivity contribution < 1.29 is 9.53 Å². The van der Waals surface area contributed by atoms with Gasteiger partial charge in [0.05, 0.1) is 6.61 Å². The first-order valence-electron chi connectivity index (χ1n) is 7.58. The zero-order valence-corrected chi connectivity index (χ0v) is 12.9. The van der Waals surface area contributed by atoms with Crippen molar-refractivity contribution in [3.05, 3.63) is 0 Å². The van der Waals surface area contributed by atoms with Crippen molar-refractivity contribution in [1.82, 2.24) is 4.90 Å². The molecular weight excluding hydrogens is 240 g/mol. The number of carbonyl (C=O) groups is 1. The fourth-order valence-electron chi connectivity index (χ4n) is 2.78. The number of rotatable bonds is 6. The van der Waals surface area contributed by atoms with E-state index in [1.54, 1.807) is 6.92 Å². The second-order valence-corrected chi connectivity index (χ2v) is 6.14. The number of esters is 1. The van der Waals surface area contributed by atoms with Crippen molar-refractivity contribution in [2.75, 3.05) is 19.7 Å². The molecule has 3 atom stereocenters. The number of piperidine rings is 1.